The molecular weight excluding hydrogens is 530 g/mol. The molecule has 3 amide bonds. The highest BCUT2D eigenvalue weighted by atomic mass is 16.4. The summed E-state index contributed by atoms with van der Waals surface area (Å²) in [4.78, 5) is 35.6. The molecule has 1 rings (SSSR count). The summed E-state index contributed by atoms with van der Waals surface area (Å²) in [5.74, 6) is -1.89. The van der Waals surface area contributed by atoms with Gasteiger partial charge in [0.25, 0.3) is 0 Å². The first-order valence-corrected chi connectivity index (χ1v) is 14.7. The average molecular weight is 578 g/mol. The zero-order valence-corrected chi connectivity index (χ0v) is 24.9. The van der Waals surface area contributed by atoms with Crippen LogP contribution in [0.15, 0.2) is 91.1 Å². The number of aromatic carboxylic acids is 1. The first-order chi connectivity index (χ1) is 20.4. The molecule has 0 saturated carbocycles. The molecule has 42 heavy (non-hydrogen) atoms. The number of urea groups is 1. The number of carbonyl (C=O) groups excluding carboxylic acids is 2. The maximum absolute atomic E-state index is 12.5. The Hall–Kier alpha value is -4.33. The van der Waals surface area contributed by atoms with Crippen molar-refractivity contribution in [3.63, 3.8) is 0 Å². The fourth-order valence-electron chi connectivity index (χ4n) is 3.71. The number of rotatable bonds is 20. The second kappa shape index (κ2) is 23.4. The van der Waals surface area contributed by atoms with Crippen LogP contribution in [-0.2, 0) is 4.79 Å². The Bertz CT molecular complexity index is 1130. The molecule has 0 aliphatic heterocycles. The van der Waals surface area contributed by atoms with Crippen molar-refractivity contribution in [1.82, 2.24) is 10.6 Å². The van der Waals surface area contributed by atoms with E-state index in [4.69, 9.17) is 5.11 Å². The molecule has 0 heterocycles. The van der Waals surface area contributed by atoms with E-state index in [0.29, 0.717) is 12.8 Å². The van der Waals surface area contributed by atoms with Gasteiger partial charge in [-0.3, -0.25) is 4.79 Å². The number of anilines is 1. The summed E-state index contributed by atoms with van der Waals surface area (Å²) in [6.07, 6.45) is 32.9. The summed E-state index contributed by atoms with van der Waals surface area (Å²) in [5, 5.41) is 26.5. The molecule has 0 saturated heterocycles. The molecule has 0 aliphatic rings. The zero-order chi connectivity index (χ0) is 30.8. The van der Waals surface area contributed by atoms with Crippen LogP contribution in [0.5, 0.6) is 5.75 Å². The van der Waals surface area contributed by atoms with Gasteiger partial charge in [0.15, 0.2) is 0 Å². The Morgan fingerprint density at radius 3 is 1.74 bits per heavy atom. The predicted octanol–water partition coefficient (Wildman–Crippen LogP) is 7.44. The highest BCUT2D eigenvalue weighted by Crippen LogP contribution is 2.21. The van der Waals surface area contributed by atoms with E-state index in [9.17, 15) is 19.5 Å². The summed E-state index contributed by atoms with van der Waals surface area (Å²) < 4.78 is 0. The van der Waals surface area contributed by atoms with Crippen molar-refractivity contribution in [3.8, 4) is 5.75 Å². The fraction of sp³-hybridized carbons (Fsp3) is 0.382. The molecule has 1 aromatic rings. The van der Waals surface area contributed by atoms with Crippen molar-refractivity contribution in [1.29, 1.82) is 0 Å². The molecule has 8 nitrogen and oxygen atoms in total. The molecule has 0 aromatic heterocycles. The first kappa shape index (κ1) is 35.7. The molecule has 228 valence electrons. The molecule has 0 fully saturated rings. The van der Waals surface area contributed by atoms with E-state index in [0.717, 1.165) is 38.5 Å². The third kappa shape index (κ3) is 17.4. The minimum atomic E-state index is -1.30. The number of amides is 3. The Morgan fingerprint density at radius 1 is 0.738 bits per heavy atom. The number of carbonyl (C=O) groups is 3. The largest absolute Gasteiger partial charge is 0.507 e. The van der Waals surface area contributed by atoms with E-state index in [1.165, 1.54) is 18.2 Å². The topological polar surface area (TPSA) is 128 Å². The van der Waals surface area contributed by atoms with Crippen molar-refractivity contribution in [2.75, 3.05) is 18.4 Å². The average Bonchev–Trinajstić information content (AvgIpc) is 2.97. The highest BCUT2D eigenvalue weighted by molar-refractivity contribution is 5.95. The van der Waals surface area contributed by atoms with Crippen LogP contribution in [0.25, 0.3) is 0 Å². The van der Waals surface area contributed by atoms with Gasteiger partial charge in [-0.2, -0.15) is 0 Å². The second-order valence-electron chi connectivity index (χ2n) is 9.47. The summed E-state index contributed by atoms with van der Waals surface area (Å²) in [5.41, 5.74) is -0.0771. The molecular formula is C34H47N3O5. The molecule has 0 radical (unpaired) electrons. The van der Waals surface area contributed by atoms with E-state index in [1.807, 2.05) is 13.0 Å². The third-order valence-electron chi connectivity index (χ3n) is 6.08. The number of hydrogen-bond acceptors (Lipinski definition) is 4. The Labute approximate surface area is 250 Å². The van der Waals surface area contributed by atoms with Crippen molar-refractivity contribution < 1.29 is 24.6 Å². The van der Waals surface area contributed by atoms with Gasteiger partial charge in [0, 0.05) is 24.7 Å². The minimum Gasteiger partial charge on any atom is -0.507 e. The van der Waals surface area contributed by atoms with E-state index < -0.39 is 12.0 Å². The zero-order valence-electron chi connectivity index (χ0n) is 24.9. The molecule has 1 aromatic carbocycles. The van der Waals surface area contributed by atoms with E-state index in [2.05, 4.69) is 89.7 Å². The molecule has 0 spiro atoms. The van der Waals surface area contributed by atoms with Crippen LogP contribution in [0.4, 0.5) is 10.5 Å². The summed E-state index contributed by atoms with van der Waals surface area (Å²) in [7, 11) is 0. The van der Waals surface area contributed by atoms with Gasteiger partial charge >= 0.3 is 12.0 Å². The second-order valence-corrected chi connectivity index (χ2v) is 9.47. The summed E-state index contributed by atoms with van der Waals surface area (Å²) >= 11 is 0. The molecule has 1 unspecified atom stereocenters. The third-order valence-corrected chi connectivity index (χ3v) is 6.08. The number of carboxylic acid groups (broad SMARTS) is 1. The normalized spacial score (nSPS) is 12.8. The van der Waals surface area contributed by atoms with Crippen molar-refractivity contribution >= 4 is 23.6 Å². The molecule has 0 aliphatic carbocycles. The number of nitrogens with one attached hydrogen (secondary N) is 3. The maximum atomic E-state index is 12.5. The van der Waals surface area contributed by atoms with Crippen molar-refractivity contribution in [2.45, 2.75) is 65.2 Å². The number of carboxylic acids is 1. The van der Waals surface area contributed by atoms with Crippen molar-refractivity contribution in [3.05, 3.63) is 96.7 Å². The monoisotopic (exact) mass is 577 g/mol. The number of hydrogen-bond donors (Lipinski definition) is 5. The fourth-order valence-corrected chi connectivity index (χ4v) is 3.71. The minimum absolute atomic E-state index is 0.0659. The van der Waals surface area contributed by atoms with Crippen LogP contribution in [0.3, 0.4) is 0 Å². The van der Waals surface area contributed by atoms with Crippen LogP contribution in [0, 0.1) is 5.92 Å². The number of allylic oxidation sites excluding steroid dienone is 12. The Balaban J connectivity index is 2.18. The van der Waals surface area contributed by atoms with E-state index >= 15 is 0 Å². The van der Waals surface area contributed by atoms with Crippen LogP contribution in [0.1, 0.15) is 75.6 Å². The highest BCUT2D eigenvalue weighted by Gasteiger charge is 2.14. The lowest BCUT2D eigenvalue weighted by atomic mass is 10.0. The standard InChI is InChI=1S/C34H47N3O5/c1-3-5-6-7-8-9-10-11-12-13-14-15-16-17-18-19-20-21-22-28(4-2)32(39)35-25-26-36-34(42)37-29-23-24-31(38)30(27-29)33(40)41/h5-6,8-9,11-12,14-15,17-18,20-21,23-24,27-28,38H,3-4,7,10,13,16,19,22,25-26H2,1-2H3,(H,35,39)(H,40,41)(H2,36,37,42)/b6-5-,9-8-,12-11-,15-14-,18-17-,21-20-. The number of aromatic hydroxyl groups is 1. The van der Waals surface area contributed by atoms with E-state index in [1.54, 1.807) is 0 Å². The van der Waals surface area contributed by atoms with Crippen molar-refractivity contribution in [2.24, 2.45) is 5.92 Å². The van der Waals surface area contributed by atoms with Crippen LogP contribution < -0.4 is 16.0 Å². The van der Waals surface area contributed by atoms with Gasteiger partial charge in [0.05, 0.1) is 0 Å². The number of phenols is 1. The van der Waals surface area contributed by atoms with Crippen LogP contribution >= 0.6 is 0 Å². The summed E-state index contributed by atoms with van der Waals surface area (Å²) in [6.45, 7) is 4.58. The van der Waals surface area contributed by atoms with Gasteiger partial charge in [0.2, 0.25) is 5.91 Å². The lowest BCUT2D eigenvalue weighted by Crippen LogP contribution is -2.38. The Morgan fingerprint density at radius 2 is 1.24 bits per heavy atom. The molecule has 8 heteroatoms. The Kier molecular flexibility index (Phi) is 19.9. The first-order valence-electron chi connectivity index (χ1n) is 14.7. The van der Waals surface area contributed by atoms with Crippen LogP contribution in [-0.4, -0.2) is 41.2 Å². The SMILES string of the molecule is CC/C=C\C/C=C\C/C=C\C/C=C\C/C=C\C/C=C\CC(CC)C(=O)NCCNC(=O)Nc1ccc(O)c(C(=O)O)c1. The lowest BCUT2D eigenvalue weighted by molar-refractivity contribution is -0.124. The van der Waals surface area contributed by atoms with E-state index in [-0.39, 0.29) is 41.9 Å². The van der Waals surface area contributed by atoms with Gasteiger partial charge in [-0.05, 0) is 69.6 Å². The lowest BCUT2D eigenvalue weighted by Gasteiger charge is -2.14. The maximum Gasteiger partial charge on any atom is 0.339 e. The quantitative estimate of drug-likeness (QED) is 0.0625. The van der Waals surface area contributed by atoms with Crippen LogP contribution in [0.2, 0.25) is 0 Å². The van der Waals surface area contributed by atoms with Gasteiger partial charge in [-0.1, -0.05) is 86.8 Å². The molecule has 0 bridgehead atoms. The molecule has 1 atom stereocenters. The smallest absolute Gasteiger partial charge is 0.339 e. The van der Waals surface area contributed by atoms with Gasteiger partial charge in [0.1, 0.15) is 11.3 Å². The van der Waals surface area contributed by atoms with Gasteiger partial charge < -0.3 is 26.2 Å². The molecule has 5 N–H and O–H groups in total. The number of benzene rings is 1. The van der Waals surface area contributed by atoms with Gasteiger partial charge in [-0.25, -0.2) is 9.59 Å². The predicted molar refractivity (Wildman–Crippen MR) is 172 cm³/mol. The van der Waals surface area contributed by atoms with Gasteiger partial charge in [-0.15, -0.1) is 0 Å². The summed E-state index contributed by atoms with van der Waals surface area (Å²) in [6, 6.07) is 3.21.